The molecule has 3 heterocycles. The molecule has 2 aliphatic rings. The molecule has 1 aliphatic heterocycles. The number of allylic oxidation sites excluding steroid dienone is 1. The van der Waals surface area contributed by atoms with Gasteiger partial charge in [0.15, 0.2) is 5.82 Å². The number of aromatic nitrogens is 3. The highest BCUT2D eigenvalue weighted by Crippen LogP contribution is 2.44. The number of rotatable bonds is 3. The van der Waals surface area contributed by atoms with Gasteiger partial charge >= 0.3 is 0 Å². The van der Waals surface area contributed by atoms with Crippen molar-refractivity contribution in [1.82, 2.24) is 15.0 Å². The van der Waals surface area contributed by atoms with Gasteiger partial charge in [-0.15, -0.1) is 11.8 Å². The van der Waals surface area contributed by atoms with Crippen LogP contribution in [-0.2, 0) is 6.42 Å². The van der Waals surface area contributed by atoms with Crippen LogP contribution in [0.2, 0.25) is 0 Å². The molecule has 1 aliphatic carbocycles. The summed E-state index contributed by atoms with van der Waals surface area (Å²) in [5, 5.41) is 0. The van der Waals surface area contributed by atoms with Crippen molar-refractivity contribution < 1.29 is 0 Å². The Balaban J connectivity index is 1.85. The summed E-state index contributed by atoms with van der Waals surface area (Å²) in [6, 6.07) is 3.62. The smallest absolute Gasteiger partial charge is 0.160 e. The molecule has 0 bridgehead atoms. The van der Waals surface area contributed by atoms with E-state index < -0.39 is 0 Å². The lowest BCUT2D eigenvalue weighted by Crippen LogP contribution is -2.24. The molecular weight excluding hydrogens is 330 g/mol. The Hall–Kier alpha value is -1.76. The Kier molecular flexibility index (Phi) is 4.83. The minimum absolute atomic E-state index is 0.256. The minimum Gasteiger partial charge on any atom is -0.329 e. The zero-order chi connectivity index (χ0) is 17.2. The van der Waals surface area contributed by atoms with E-state index in [-0.39, 0.29) is 6.04 Å². The van der Waals surface area contributed by atoms with Crippen molar-refractivity contribution >= 4 is 16.7 Å². The van der Waals surface area contributed by atoms with E-state index in [1.54, 1.807) is 12.4 Å². The van der Waals surface area contributed by atoms with Gasteiger partial charge in [0.2, 0.25) is 0 Å². The molecule has 2 aromatic rings. The third kappa shape index (κ3) is 3.21. The van der Waals surface area contributed by atoms with Crippen LogP contribution in [0.1, 0.15) is 48.7 Å². The summed E-state index contributed by atoms with van der Waals surface area (Å²) in [4.78, 5) is 15.2. The molecular formula is C19H23N5S. The van der Waals surface area contributed by atoms with Crippen molar-refractivity contribution in [3.8, 4) is 11.4 Å². The molecule has 130 valence electrons. The number of hydrogen-bond donors (Lipinski definition) is 2. The first-order valence-electron chi connectivity index (χ1n) is 8.90. The summed E-state index contributed by atoms with van der Waals surface area (Å²) in [5.41, 5.74) is 17.8. The third-order valence-electron chi connectivity index (χ3n) is 4.88. The van der Waals surface area contributed by atoms with E-state index in [9.17, 15) is 0 Å². The van der Waals surface area contributed by atoms with E-state index >= 15 is 0 Å². The van der Waals surface area contributed by atoms with Crippen molar-refractivity contribution in [2.45, 2.75) is 38.1 Å². The summed E-state index contributed by atoms with van der Waals surface area (Å²) in [6.45, 7) is 0.386. The van der Waals surface area contributed by atoms with E-state index in [0.29, 0.717) is 6.54 Å². The lowest BCUT2D eigenvalue weighted by Gasteiger charge is -2.16. The van der Waals surface area contributed by atoms with Gasteiger partial charge in [0.1, 0.15) is 0 Å². The van der Waals surface area contributed by atoms with Gasteiger partial charge in [-0.2, -0.15) is 0 Å². The molecule has 5 nitrogen and oxygen atoms in total. The largest absolute Gasteiger partial charge is 0.329 e. The lowest BCUT2D eigenvalue weighted by atomic mass is 10.0. The highest BCUT2D eigenvalue weighted by molar-refractivity contribution is 8.08. The molecule has 0 aromatic carbocycles. The minimum atomic E-state index is -0.256. The van der Waals surface area contributed by atoms with E-state index in [2.05, 4.69) is 4.98 Å². The summed E-state index contributed by atoms with van der Waals surface area (Å²) in [7, 11) is 0. The standard InChI is InChI=1S/C19H23N5S/c20-11-15(21)16-14-10-13-4-2-1-3-9-25-18(13)17(14)24-19(23-16)12-5-7-22-8-6-12/h5-8,15H,1-4,9-11,20-21H2. The van der Waals surface area contributed by atoms with Gasteiger partial charge in [0.05, 0.1) is 17.4 Å². The molecule has 1 atom stereocenters. The van der Waals surface area contributed by atoms with Crippen LogP contribution in [0, 0.1) is 0 Å². The predicted molar refractivity (Wildman–Crippen MR) is 103 cm³/mol. The fourth-order valence-corrected chi connectivity index (χ4v) is 4.77. The van der Waals surface area contributed by atoms with Crippen molar-refractivity contribution in [3.05, 3.63) is 47.1 Å². The normalized spacial score (nSPS) is 18.3. The molecule has 0 spiro atoms. The molecule has 25 heavy (non-hydrogen) atoms. The van der Waals surface area contributed by atoms with Crippen LogP contribution in [0.25, 0.3) is 16.3 Å². The van der Waals surface area contributed by atoms with Gasteiger partial charge in [-0.1, -0.05) is 6.42 Å². The first-order chi connectivity index (χ1) is 12.3. The second-order valence-corrected chi connectivity index (χ2v) is 7.71. The number of hydrogen-bond acceptors (Lipinski definition) is 6. The molecule has 0 radical (unpaired) electrons. The predicted octanol–water partition coefficient (Wildman–Crippen LogP) is 3.07. The Labute approximate surface area is 152 Å². The first-order valence-corrected chi connectivity index (χ1v) is 9.88. The summed E-state index contributed by atoms with van der Waals surface area (Å²) in [5.74, 6) is 1.88. The van der Waals surface area contributed by atoms with Gasteiger partial charge in [0, 0.05) is 35.0 Å². The second-order valence-electron chi connectivity index (χ2n) is 6.61. The van der Waals surface area contributed by atoms with E-state index in [1.165, 1.54) is 35.3 Å². The van der Waals surface area contributed by atoms with Crippen molar-refractivity contribution in [3.63, 3.8) is 0 Å². The average Bonchev–Trinajstić information content (AvgIpc) is 2.97. The van der Waals surface area contributed by atoms with E-state index in [0.717, 1.165) is 41.4 Å². The topological polar surface area (TPSA) is 90.7 Å². The summed E-state index contributed by atoms with van der Waals surface area (Å²) in [6.07, 6.45) is 9.46. The van der Waals surface area contributed by atoms with Gasteiger partial charge in [0.25, 0.3) is 0 Å². The van der Waals surface area contributed by atoms with Crippen molar-refractivity contribution in [2.75, 3.05) is 12.3 Å². The van der Waals surface area contributed by atoms with Crippen LogP contribution in [0.5, 0.6) is 0 Å². The second kappa shape index (κ2) is 7.23. The molecule has 6 heteroatoms. The van der Waals surface area contributed by atoms with Gasteiger partial charge in [-0.05, 0) is 49.1 Å². The quantitative estimate of drug-likeness (QED) is 0.881. The molecule has 2 aromatic heterocycles. The zero-order valence-corrected chi connectivity index (χ0v) is 15.1. The maximum Gasteiger partial charge on any atom is 0.160 e. The molecule has 0 saturated heterocycles. The summed E-state index contributed by atoms with van der Waals surface area (Å²) < 4.78 is 0. The molecule has 0 fully saturated rings. The van der Waals surface area contributed by atoms with Crippen LogP contribution in [0.3, 0.4) is 0 Å². The summed E-state index contributed by atoms with van der Waals surface area (Å²) >= 11 is 1.95. The average molecular weight is 353 g/mol. The van der Waals surface area contributed by atoms with Crippen LogP contribution in [-0.4, -0.2) is 27.2 Å². The van der Waals surface area contributed by atoms with Crippen molar-refractivity contribution in [1.29, 1.82) is 0 Å². The number of nitrogens with two attached hydrogens (primary N) is 2. The van der Waals surface area contributed by atoms with Crippen LogP contribution >= 0.6 is 11.8 Å². The SMILES string of the molecule is NCC(N)c1nc(-c2ccncc2)nc2c1CC1=C2SCCCCC1. The maximum absolute atomic E-state index is 6.31. The molecule has 0 saturated carbocycles. The van der Waals surface area contributed by atoms with Crippen LogP contribution in [0.4, 0.5) is 0 Å². The van der Waals surface area contributed by atoms with Crippen LogP contribution < -0.4 is 11.5 Å². The monoisotopic (exact) mass is 353 g/mol. The lowest BCUT2D eigenvalue weighted by molar-refractivity contribution is 0.690. The molecule has 4 rings (SSSR count). The fourth-order valence-electron chi connectivity index (χ4n) is 3.54. The number of nitrogens with zero attached hydrogens (tertiary/aromatic N) is 3. The molecule has 1 unspecified atom stereocenters. The number of pyridine rings is 1. The Morgan fingerprint density at radius 2 is 1.96 bits per heavy atom. The fraction of sp³-hybridized carbons (Fsp3) is 0.421. The maximum atomic E-state index is 6.31. The Morgan fingerprint density at radius 1 is 1.12 bits per heavy atom. The van der Waals surface area contributed by atoms with Gasteiger partial charge in [-0.3, -0.25) is 4.98 Å². The number of thioether (sulfide) groups is 1. The van der Waals surface area contributed by atoms with Crippen LogP contribution in [0.15, 0.2) is 30.1 Å². The highest BCUT2D eigenvalue weighted by Gasteiger charge is 2.29. The molecule has 4 N–H and O–H groups in total. The van der Waals surface area contributed by atoms with Crippen molar-refractivity contribution in [2.24, 2.45) is 11.5 Å². The Bertz CT molecular complexity index is 803. The molecule has 0 amide bonds. The van der Waals surface area contributed by atoms with E-state index in [4.69, 9.17) is 21.4 Å². The Morgan fingerprint density at radius 3 is 2.76 bits per heavy atom. The van der Waals surface area contributed by atoms with E-state index in [1.807, 2.05) is 23.9 Å². The third-order valence-corrected chi connectivity index (χ3v) is 6.14. The van der Waals surface area contributed by atoms with Gasteiger partial charge in [-0.25, -0.2) is 9.97 Å². The zero-order valence-electron chi connectivity index (χ0n) is 14.2. The highest BCUT2D eigenvalue weighted by atomic mass is 32.2. The number of fused-ring (bicyclic) bond motifs is 2. The van der Waals surface area contributed by atoms with Gasteiger partial charge < -0.3 is 11.5 Å². The first kappa shape index (κ1) is 16.7.